The molecule has 6 nitrogen and oxygen atoms in total. The Balaban J connectivity index is 1.59. The minimum absolute atomic E-state index is 0.171. The molecule has 1 amide bonds. The Labute approximate surface area is 206 Å². The van der Waals surface area contributed by atoms with Crippen molar-refractivity contribution in [3.05, 3.63) is 94.5 Å². The van der Waals surface area contributed by atoms with E-state index in [2.05, 4.69) is 5.32 Å². The highest BCUT2D eigenvalue weighted by Crippen LogP contribution is 2.22. The lowest BCUT2D eigenvalue weighted by molar-refractivity contribution is 0.0953. The first-order chi connectivity index (χ1) is 16.3. The fraction of sp³-hybridized carbons (Fsp3) is 0.269. The van der Waals surface area contributed by atoms with Gasteiger partial charge in [0.2, 0.25) is 10.0 Å². The molecule has 3 aromatic rings. The molecule has 3 rings (SSSR count). The molecule has 3 aromatic carbocycles. The average Bonchev–Trinajstić information content (AvgIpc) is 2.82. The fourth-order valence-corrected chi connectivity index (χ4v) is 4.54. The highest BCUT2D eigenvalue weighted by molar-refractivity contribution is 7.92. The number of nitrogens with one attached hydrogen (secondary N) is 1. The summed E-state index contributed by atoms with van der Waals surface area (Å²) in [6.07, 6.45) is 2.73. The van der Waals surface area contributed by atoms with Gasteiger partial charge in [0.1, 0.15) is 5.75 Å². The molecule has 0 saturated heterocycles. The Morgan fingerprint density at radius 1 is 1.00 bits per heavy atom. The van der Waals surface area contributed by atoms with Gasteiger partial charge in [0.05, 0.1) is 25.1 Å². The number of carbonyl (C=O) groups excluding carboxylic acids is 1. The lowest BCUT2D eigenvalue weighted by Gasteiger charge is -2.23. The topological polar surface area (TPSA) is 75.7 Å². The number of hydrogen-bond donors (Lipinski definition) is 1. The number of sulfonamides is 1. The van der Waals surface area contributed by atoms with Crippen molar-refractivity contribution >= 4 is 33.2 Å². The normalized spacial score (nSPS) is 11.1. The van der Waals surface area contributed by atoms with E-state index in [4.69, 9.17) is 16.3 Å². The summed E-state index contributed by atoms with van der Waals surface area (Å²) in [5.41, 5.74) is 2.88. The summed E-state index contributed by atoms with van der Waals surface area (Å²) in [5.74, 6) is 0.675. The van der Waals surface area contributed by atoms with Crippen LogP contribution in [0.25, 0.3) is 0 Å². The van der Waals surface area contributed by atoms with Crippen LogP contribution in [-0.2, 0) is 23.0 Å². The van der Waals surface area contributed by atoms with Gasteiger partial charge in [0.15, 0.2) is 0 Å². The Kier molecular flexibility index (Phi) is 8.96. The fourth-order valence-electron chi connectivity index (χ4n) is 3.52. The van der Waals surface area contributed by atoms with Gasteiger partial charge in [-0.15, -0.1) is 0 Å². The van der Waals surface area contributed by atoms with E-state index >= 15 is 0 Å². The summed E-state index contributed by atoms with van der Waals surface area (Å²) < 4.78 is 31.7. The first-order valence-corrected chi connectivity index (χ1v) is 13.3. The molecule has 0 unspecified atom stereocenters. The lowest BCUT2D eigenvalue weighted by atomic mass is 10.1. The van der Waals surface area contributed by atoms with E-state index < -0.39 is 10.0 Å². The first kappa shape index (κ1) is 25.6. The van der Waals surface area contributed by atoms with Gasteiger partial charge in [-0.2, -0.15) is 0 Å². The smallest absolute Gasteiger partial charge is 0.251 e. The number of ether oxygens (including phenoxy) is 1. The zero-order chi connectivity index (χ0) is 24.6. The lowest BCUT2D eigenvalue weighted by Crippen LogP contribution is -2.29. The third kappa shape index (κ3) is 7.23. The van der Waals surface area contributed by atoms with Gasteiger partial charge < -0.3 is 10.1 Å². The number of amides is 1. The van der Waals surface area contributed by atoms with Crippen LogP contribution in [0.5, 0.6) is 5.75 Å². The van der Waals surface area contributed by atoms with Gasteiger partial charge in [0.25, 0.3) is 5.91 Å². The maximum atomic E-state index is 12.5. The largest absolute Gasteiger partial charge is 0.494 e. The molecule has 0 radical (unpaired) electrons. The zero-order valence-corrected chi connectivity index (χ0v) is 20.9. The molecular weight excluding hydrogens is 472 g/mol. The first-order valence-electron chi connectivity index (χ1n) is 11.1. The van der Waals surface area contributed by atoms with E-state index in [-0.39, 0.29) is 12.5 Å². The van der Waals surface area contributed by atoms with Gasteiger partial charge >= 0.3 is 0 Å². The van der Waals surface area contributed by atoms with Gasteiger partial charge in [-0.25, -0.2) is 8.42 Å². The number of hydrogen-bond acceptors (Lipinski definition) is 4. The predicted molar refractivity (Wildman–Crippen MR) is 137 cm³/mol. The summed E-state index contributed by atoms with van der Waals surface area (Å²) >= 11 is 5.92. The quantitative estimate of drug-likeness (QED) is 0.373. The molecule has 0 aromatic heterocycles. The van der Waals surface area contributed by atoms with Crippen LogP contribution < -0.4 is 14.4 Å². The van der Waals surface area contributed by atoms with Crippen LogP contribution in [0.4, 0.5) is 5.69 Å². The van der Waals surface area contributed by atoms with E-state index in [1.807, 2.05) is 31.2 Å². The molecule has 34 heavy (non-hydrogen) atoms. The molecule has 0 aliphatic carbocycles. The monoisotopic (exact) mass is 500 g/mol. The van der Waals surface area contributed by atoms with Crippen molar-refractivity contribution in [3.8, 4) is 5.75 Å². The van der Waals surface area contributed by atoms with E-state index in [0.29, 0.717) is 29.4 Å². The number of benzene rings is 3. The molecule has 180 valence electrons. The van der Waals surface area contributed by atoms with Crippen LogP contribution in [-0.4, -0.2) is 33.7 Å². The molecule has 0 aliphatic heterocycles. The zero-order valence-electron chi connectivity index (χ0n) is 19.3. The highest BCUT2D eigenvalue weighted by atomic mass is 35.5. The van der Waals surface area contributed by atoms with Crippen LogP contribution in [0.1, 0.15) is 34.8 Å². The van der Waals surface area contributed by atoms with Crippen molar-refractivity contribution in [3.63, 3.8) is 0 Å². The number of anilines is 1. The molecule has 1 N–H and O–H groups in total. The number of para-hydroxylation sites is 1. The second-order valence-corrected chi connectivity index (χ2v) is 10.2. The molecule has 0 heterocycles. The SMILES string of the molecule is CCOc1ccccc1CCCNC(=O)c1ccc(N(Cc2ccc(Cl)cc2)S(C)(=O)=O)cc1. The van der Waals surface area contributed by atoms with E-state index in [1.165, 1.54) is 4.31 Å². The van der Waals surface area contributed by atoms with Crippen LogP contribution in [0.15, 0.2) is 72.8 Å². The Hall–Kier alpha value is -3.03. The minimum atomic E-state index is -3.52. The number of rotatable bonds is 11. The molecule has 0 spiro atoms. The summed E-state index contributed by atoms with van der Waals surface area (Å²) in [6, 6.07) is 21.5. The summed E-state index contributed by atoms with van der Waals surface area (Å²) in [4.78, 5) is 12.5. The van der Waals surface area contributed by atoms with Gasteiger partial charge in [-0.05, 0) is 73.4 Å². The third-order valence-electron chi connectivity index (χ3n) is 5.24. The molecule has 0 saturated carbocycles. The predicted octanol–water partition coefficient (Wildman–Crippen LogP) is 5.07. The molecule has 0 aliphatic rings. The number of carbonyl (C=O) groups is 1. The molecule has 0 bridgehead atoms. The van der Waals surface area contributed by atoms with E-state index in [0.717, 1.165) is 36.0 Å². The summed E-state index contributed by atoms with van der Waals surface area (Å²) in [7, 11) is -3.52. The third-order valence-corrected chi connectivity index (χ3v) is 6.63. The maximum Gasteiger partial charge on any atom is 0.251 e. The van der Waals surface area contributed by atoms with Gasteiger partial charge in [-0.1, -0.05) is 41.9 Å². The molecular formula is C26H29ClN2O4S. The average molecular weight is 501 g/mol. The number of halogens is 1. The summed E-state index contributed by atoms with van der Waals surface area (Å²) in [6.45, 7) is 3.26. The van der Waals surface area contributed by atoms with E-state index in [9.17, 15) is 13.2 Å². The van der Waals surface area contributed by atoms with Gasteiger partial charge in [-0.3, -0.25) is 9.10 Å². The van der Waals surface area contributed by atoms with Crippen LogP contribution in [0, 0.1) is 0 Å². The van der Waals surface area contributed by atoms with Crippen LogP contribution in [0.3, 0.4) is 0 Å². The molecule has 0 atom stereocenters. The van der Waals surface area contributed by atoms with Crippen LogP contribution >= 0.6 is 11.6 Å². The molecule has 8 heteroatoms. The second kappa shape index (κ2) is 11.9. The van der Waals surface area contributed by atoms with E-state index in [1.54, 1.807) is 48.5 Å². The number of aryl methyl sites for hydroxylation is 1. The van der Waals surface area contributed by atoms with Crippen molar-refractivity contribution in [1.82, 2.24) is 5.32 Å². The van der Waals surface area contributed by atoms with Crippen molar-refractivity contribution < 1.29 is 17.9 Å². The number of nitrogens with zero attached hydrogens (tertiary/aromatic N) is 1. The van der Waals surface area contributed by atoms with Crippen molar-refractivity contribution in [2.45, 2.75) is 26.3 Å². The maximum absolute atomic E-state index is 12.5. The van der Waals surface area contributed by atoms with Crippen LogP contribution in [0.2, 0.25) is 5.02 Å². The van der Waals surface area contributed by atoms with Gasteiger partial charge in [0, 0.05) is 17.1 Å². The Morgan fingerprint density at radius 2 is 1.68 bits per heavy atom. The van der Waals surface area contributed by atoms with Crippen molar-refractivity contribution in [1.29, 1.82) is 0 Å². The summed E-state index contributed by atoms with van der Waals surface area (Å²) in [5, 5.41) is 3.51. The minimum Gasteiger partial charge on any atom is -0.494 e. The van der Waals surface area contributed by atoms with Crippen molar-refractivity contribution in [2.24, 2.45) is 0 Å². The second-order valence-electron chi connectivity index (χ2n) is 7.84. The standard InChI is InChI=1S/C26H29ClN2O4S/c1-3-33-25-9-5-4-7-21(25)8-6-18-28-26(30)22-12-16-24(17-13-22)29(34(2,31)32)19-20-10-14-23(27)15-11-20/h4-5,7,9-17H,3,6,8,18-19H2,1-2H3,(H,28,30). The van der Waals surface area contributed by atoms with Crippen molar-refractivity contribution in [2.75, 3.05) is 23.7 Å². The Morgan fingerprint density at radius 3 is 2.32 bits per heavy atom. The Bertz CT molecular complexity index is 1200. The molecule has 0 fully saturated rings. The highest BCUT2D eigenvalue weighted by Gasteiger charge is 2.18.